The maximum absolute atomic E-state index is 14.1. The molecule has 0 atom stereocenters. The fourth-order valence-electron chi connectivity index (χ4n) is 3.48. The Morgan fingerprint density at radius 3 is 2.56 bits per heavy atom. The van der Waals surface area contributed by atoms with E-state index in [1.807, 2.05) is 18.2 Å². The molecule has 0 saturated carbocycles. The molecule has 142 valence electrons. The lowest BCUT2D eigenvalue weighted by atomic mass is 9.97. The van der Waals surface area contributed by atoms with Crippen molar-refractivity contribution >= 4 is 44.2 Å². The number of anilines is 1. The van der Waals surface area contributed by atoms with E-state index in [0.717, 1.165) is 34.8 Å². The number of nitrogens with zero attached hydrogens (tertiary/aromatic N) is 1. The van der Waals surface area contributed by atoms with Crippen molar-refractivity contribution in [2.45, 2.75) is 12.8 Å². The van der Waals surface area contributed by atoms with Crippen molar-refractivity contribution in [3.63, 3.8) is 0 Å². The van der Waals surface area contributed by atoms with Crippen LogP contribution < -0.4 is 9.64 Å². The summed E-state index contributed by atoms with van der Waals surface area (Å²) in [6, 6.07) is 8.00. The van der Waals surface area contributed by atoms with E-state index in [-0.39, 0.29) is 10.7 Å². The molecule has 2 aromatic carbocycles. The van der Waals surface area contributed by atoms with Gasteiger partial charge >= 0.3 is 0 Å². The van der Waals surface area contributed by atoms with Crippen molar-refractivity contribution < 1.29 is 17.9 Å². The van der Waals surface area contributed by atoms with E-state index in [9.17, 15) is 8.78 Å². The van der Waals surface area contributed by atoms with Crippen LogP contribution in [0.25, 0.3) is 11.0 Å². The molecule has 0 spiro atoms. The molecular weight excluding hydrogens is 440 g/mol. The quantitative estimate of drug-likeness (QED) is 0.453. The topological polar surface area (TPSA) is 25.6 Å². The van der Waals surface area contributed by atoms with Crippen molar-refractivity contribution in [3.8, 4) is 5.75 Å². The first-order valence-corrected chi connectivity index (χ1v) is 9.88. The molecule has 0 unspecified atom stereocenters. The van der Waals surface area contributed by atoms with Crippen molar-refractivity contribution in [3.05, 3.63) is 57.7 Å². The number of hydrogen-bond donors (Lipinski definition) is 0. The molecule has 27 heavy (non-hydrogen) atoms. The minimum atomic E-state index is -0.621. The molecule has 3 aromatic rings. The van der Waals surface area contributed by atoms with Crippen molar-refractivity contribution in [1.29, 1.82) is 0 Å². The lowest BCUT2D eigenvalue weighted by Gasteiger charge is -2.33. The highest BCUT2D eigenvalue weighted by Gasteiger charge is 2.25. The van der Waals surface area contributed by atoms with E-state index in [2.05, 4.69) is 15.9 Å². The molecule has 1 aliphatic rings. The minimum absolute atomic E-state index is 0.00368. The second-order valence-electron chi connectivity index (χ2n) is 6.67. The predicted octanol–water partition coefficient (Wildman–Crippen LogP) is 6.42. The molecule has 0 N–H and O–H groups in total. The Balaban J connectivity index is 1.39. The molecule has 0 amide bonds. The molecule has 0 aliphatic carbocycles. The van der Waals surface area contributed by atoms with Gasteiger partial charge in [-0.15, -0.1) is 0 Å². The standard InChI is InChI=1S/C20H17BrClF2NO2/c21-15-1-2-18(20-14(15)5-8-26-20)27-11-12-3-6-25(7-4-12)19-16(23)9-13(22)10-17(19)24/h1-2,5,8-10,12H,3-4,6-7,11H2. The van der Waals surface area contributed by atoms with Crippen LogP contribution in [0.2, 0.25) is 5.02 Å². The van der Waals surface area contributed by atoms with Crippen LogP contribution in [-0.2, 0) is 0 Å². The Morgan fingerprint density at radius 2 is 1.85 bits per heavy atom. The van der Waals surface area contributed by atoms with Gasteiger partial charge in [0.25, 0.3) is 0 Å². The van der Waals surface area contributed by atoms with Crippen LogP contribution in [0.4, 0.5) is 14.5 Å². The third-order valence-corrected chi connectivity index (χ3v) is 5.82. The van der Waals surface area contributed by atoms with Crippen LogP contribution in [0.15, 0.2) is 45.5 Å². The first-order valence-electron chi connectivity index (χ1n) is 8.71. The number of benzene rings is 2. The molecule has 1 aliphatic heterocycles. The zero-order chi connectivity index (χ0) is 19.0. The van der Waals surface area contributed by atoms with Gasteiger partial charge in [-0.2, -0.15) is 0 Å². The van der Waals surface area contributed by atoms with Crippen LogP contribution in [0, 0.1) is 17.6 Å². The molecule has 3 nitrogen and oxygen atoms in total. The summed E-state index contributed by atoms with van der Waals surface area (Å²) in [5, 5.41) is 1.03. The largest absolute Gasteiger partial charge is 0.489 e. The average molecular weight is 457 g/mol. The van der Waals surface area contributed by atoms with Gasteiger partial charge in [0.15, 0.2) is 23.0 Å². The Bertz CT molecular complexity index is 947. The fourth-order valence-corrected chi connectivity index (χ4v) is 4.12. The highest BCUT2D eigenvalue weighted by Crippen LogP contribution is 2.34. The molecule has 2 heterocycles. The van der Waals surface area contributed by atoms with Crippen LogP contribution in [0.3, 0.4) is 0 Å². The van der Waals surface area contributed by atoms with Crippen molar-refractivity contribution in [1.82, 2.24) is 0 Å². The van der Waals surface area contributed by atoms with E-state index in [1.165, 1.54) is 0 Å². The summed E-state index contributed by atoms with van der Waals surface area (Å²) in [6.07, 6.45) is 3.22. The van der Waals surface area contributed by atoms with Gasteiger partial charge in [0.1, 0.15) is 5.69 Å². The molecule has 1 saturated heterocycles. The van der Waals surface area contributed by atoms with E-state index in [1.54, 1.807) is 11.2 Å². The lowest BCUT2D eigenvalue weighted by molar-refractivity contribution is 0.222. The molecule has 7 heteroatoms. The molecule has 1 aromatic heterocycles. The molecule has 1 fully saturated rings. The van der Waals surface area contributed by atoms with Crippen LogP contribution in [0.5, 0.6) is 5.75 Å². The second kappa shape index (κ2) is 7.68. The summed E-state index contributed by atoms with van der Waals surface area (Å²) in [5.41, 5.74) is 0.719. The maximum atomic E-state index is 14.1. The van der Waals surface area contributed by atoms with Crippen LogP contribution in [0.1, 0.15) is 12.8 Å². The number of fused-ring (bicyclic) bond motifs is 1. The Morgan fingerprint density at radius 1 is 1.15 bits per heavy atom. The summed E-state index contributed by atoms with van der Waals surface area (Å²) in [5.74, 6) is -0.224. The Labute approximate surface area is 169 Å². The fraction of sp³-hybridized carbons (Fsp3) is 0.300. The Kier molecular flexibility index (Phi) is 5.28. The number of piperidine rings is 1. The smallest absolute Gasteiger partial charge is 0.176 e. The first-order chi connectivity index (χ1) is 13.0. The molecule has 0 radical (unpaired) electrons. The lowest BCUT2D eigenvalue weighted by Crippen LogP contribution is -2.36. The molecule has 0 bridgehead atoms. The van der Waals surface area contributed by atoms with Gasteiger partial charge in [-0.1, -0.05) is 27.5 Å². The number of rotatable bonds is 4. The van der Waals surface area contributed by atoms with Gasteiger partial charge in [0, 0.05) is 28.0 Å². The average Bonchev–Trinajstić information content (AvgIpc) is 3.12. The summed E-state index contributed by atoms with van der Waals surface area (Å²) >= 11 is 9.19. The number of ether oxygens (including phenoxy) is 1. The second-order valence-corrected chi connectivity index (χ2v) is 7.96. The zero-order valence-electron chi connectivity index (χ0n) is 14.4. The predicted molar refractivity (Wildman–Crippen MR) is 106 cm³/mol. The van der Waals surface area contributed by atoms with Gasteiger partial charge in [-0.3, -0.25) is 0 Å². The number of furan rings is 1. The van der Waals surface area contributed by atoms with Crippen LogP contribution >= 0.6 is 27.5 Å². The highest BCUT2D eigenvalue weighted by atomic mass is 79.9. The number of halogens is 4. The zero-order valence-corrected chi connectivity index (χ0v) is 16.7. The van der Waals surface area contributed by atoms with Crippen molar-refractivity contribution in [2.75, 3.05) is 24.6 Å². The normalized spacial score (nSPS) is 15.5. The highest BCUT2D eigenvalue weighted by molar-refractivity contribution is 9.10. The van der Waals surface area contributed by atoms with Gasteiger partial charge in [0.2, 0.25) is 0 Å². The van der Waals surface area contributed by atoms with Gasteiger partial charge in [0.05, 0.1) is 12.9 Å². The summed E-state index contributed by atoms with van der Waals surface area (Å²) in [4.78, 5) is 1.74. The minimum Gasteiger partial charge on any atom is -0.489 e. The molecule has 4 rings (SSSR count). The van der Waals surface area contributed by atoms with Gasteiger partial charge < -0.3 is 14.1 Å². The van der Waals surface area contributed by atoms with Gasteiger partial charge in [-0.05, 0) is 49.1 Å². The third-order valence-electron chi connectivity index (χ3n) is 4.91. The number of hydrogen-bond acceptors (Lipinski definition) is 3. The summed E-state index contributed by atoms with van der Waals surface area (Å²) in [6.45, 7) is 1.68. The first kappa shape index (κ1) is 18.6. The maximum Gasteiger partial charge on any atom is 0.176 e. The van der Waals surface area contributed by atoms with Gasteiger partial charge in [-0.25, -0.2) is 8.78 Å². The van der Waals surface area contributed by atoms with E-state index in [4.69, 9.17) is 20.8 Å². The molecular formula is C20H17BrClF2NO2. The summed E-state index contributed by atoms with van der Waals surface area (Å²) < 4.78 is 40.7. The van der Waals surface area contributed by atoms with Crippen molar-refractivity contribution in [2.24, 2.45) is 5.92 Å². The SMILES string of the molecule is Fc1cc(Cl)cc(F)c1N1CCC(COc2ccc(Br)c3ccoc23)CC1. The van der Waals surface area contributed by atoms with E-state index < -0.39 is 11.6 Å². The third kappa shape index (κ3) is 3.78. The summed E-state index contributed by atoms with van der Waals surface area (Å²) in [7, 11) is 0. The Hall–Kier alpha value is -1.79. The van der Waals surface area contributed by atoms with E-state index in [0.29, 0.717) is 36.9 Å². The van der Waals surface area contributed by atoms with E-state index >= 15 is 0 Å². The monoisotopic (exact) mass is 455 g/mol. The van der Waals surface area contributed by atoms with Crippen LogP contribution in [-0.4, -0.2) is 19.7 Å².